The van der Waals surface area contributed by atoms with E-state index in [-0.39, 0.29) is 0 Å². The van der Waals surface area contributed by atoms with Gasteiger partial charge in [0, 0.05) is 11.3 Å². The fourth-order valence-corrected chi connectivity index (χ4v) is 1.56. The standard InChI is InChI=1S/C13H13N3O3/c1-18-11-7-12(19-2)16-13(15-11)9-4-3-5-10(6-9)14-8-17/h3-8H,1-2H3,(H,14,17). The lowest BCUT2D eigenvalue weighted by Crippen LogP contribution is -1.98. The van der Waals surface area contributed by atoms with Crippen molar-refractivity contribution in [3.8, 4) is 23.1 Å². The number of methoxy groups -OCH3 is 2. The highest BCUT2D eigenvalue weighted by Crippen LogP contribution is 2.24. The Morgan fingerprint density at radius 3 is 2.37 bits per heavy atom. The highest BCUT2D eigenvalue weighted by Gasteiger charge is 2.08. The Kier molecular flexibility index (Phi) is 3.92. The maximum atomic E-state index is 10.4. The zero-order chi connectivity index (χ0) is 13.7. The van der Waals surface area contributed by atoms with Crippen LogP contribution in [0.25, 0.3) is 11.4 Å². The summed E-state index contributed by atoms with van der Waals surface area (Å²) >= 11 is 0. The summed E-state index contributed by atoms with van der Waals surface area (Å²) in [7, 11) is 3.05. The highest BCUT2D eigenvalue weighted by atomic mass is 16.5. The van der Waals surface area contributed by atoms with Crippen molar-refractivity contribution in [1.29, 1.82) is 0 Å². The van der Waals surface area contributed by atoms with Crippen molar-refractivity contribution in [3.05, 3.63) is 30.3 Å². The minimum absolute atomic E-state index is 0.413. The van der Waals surface area contributed by atoms with Crippen LogP contribution in [0.3, 0.4) is 0 Å². The van der Waals surface area contributed by atoms with Gasteiger partial charge in [-0.25, -0.2) is 0 Å². The van der Waals surface area contributed by atoms with Crippen molar-refractivity contribution < 1.29 is 14.3 Å². The largest absolute Gasteiger partial charge is 0.481 e. The number of ether oxygens (including phenoxy) is 2. The SMILES string of the molecule is COc1cc(OC)nc(-c2cccc(NC=O)c2)n1. The Morgan fingerprint density at radius 2 is 1.79 bits per heavy atom. The number of nitrogens with one attached hydrogen (secondary N) is 1. The van der Waals surface area contributed by atoms with Gasteiger partial charge in [-0.15, -0.1) is 0 Å². The Hall–Kier alpha value is -2.63. The van der Waals surface area contributed by atoms with Crippen LogP contribution in [-0.2, 0) is 4.79 Å². The van der Waals surface area contributed by atoms with E-state index in [1.807, 2.05) is 6.07 Å². The van der Waals surface area contributed by atoms with Crippen molar-refractivity contribution in [1.82, 2.24) is 9.97 Å². The molecular formula is C13H13N3O3. The van der Waals surface area contributed by atoms with Gasteiger partial charge in [-0.2, -0.15) is 9.97 Å². The molecule has 1 aromatic carbocycles. The molecule has 0 atom stereocenters. The summed E-state index contributed by atoms with van der Waals surface area (Å²) in [6.45, 7) is 0. The molecule has 1 aromatic heterocycles. The van der Waals surface area contributed by atoms with E-state index in [4.69, 9.17) is 9.47 Å². The van der Waals surface area contributed by atoms with Crippen molar-refractivity contribution in [3.63, 3.8) is 0 Å². The molecule has 2 aromatic rings. The van der Waals surface area contributed by atoms with Gasteiger partial charge in [-0.05, 0) is 12.1 Å². The van der Waals surface area contributed by atoms with Crippen LogP contribution in [0.2, 0.25) is 0 Å². The number of carbonyl (C=O) groups excluding carboxylic acids is 1. The predicted octanol–water partition coefficient (Wildman–Crippen LogP) is 1.73. The first-order valence-electron chi connectivity index (χ1n) is 5.54. The molecule has 0 aliphatic carbocycles. The number of nitrogens with zero attached hydrogens (tertiary/aromatic N) is 2. The lowest BCUT2D eigenvalue weighted by molar-refractivity contribution is -0.105. The average molecular weight is 259 g/mol. The van der Waals surface area contributed by atoms with Crippen molar-refractivity contribution in [2.75, 3.05) is 19.5 Å². The van der Waals surface area contributed by atoms with Crippen LogP contribution in [-0.4, -0.2) is 30.6 Å². The molecule has 1 N–H and O–H groups in total. The van der Waals surface area contributed by atoms with Crippen molar-refractivity contribution in [2.24, 2.45) is 0 Å². The van der Waals surface area contributed by atoms with Crippen LogP contribution in [0.5, 0.6) is 11.8 Å². The molecule has 0 unspecified atom stereocenters. The molecule has 0 bridgehead atoms. The van der Waals surface area contributed by atoms with E-state index in [1.165, 1.54) is 14.2 Å². The van der Waals surface area contributed by atoms with Gasteiger partial charge < -0.3 is 14.8 Å². The van der Waals surface area contributed by atoms with E-state index < -0.39 is 0 Å². The lowest BCUT2D eigenvalue weighted by atomic mass is 10.2. The molecule has 98 valence electrons. The molecule has 6 heteroatoms. The average Bonchev–Trinajstić information content (AvgIpc) is 2.47. The van der Waals surface area contributed by atoms with Crippen molar-refractivity contribution >= 4 is 12.1 Å². The molecule has 0 saturated carbocycles. The summed E-state index contributed by atoms with van der Waals surface area (Å²) in [5.74, 6) is 1.29. The van der Waals surface area contributed by atoms with Gasteiger partial charge in [0.2, 0.25) is 18.2 Å². The molecule has 6 nitrogen and oxygen atoms in total. The number of hydrogen-bond donors (Lipinski definition) is 1. The summed E-state index contributed by atoms with van der Waals surface area (Å²) < 4.78 is 10.2. The van der Waals surface area contributed by atoms with Crippen LogP contribution < -0.4 is 14.8 Å². The summed E-state index contributed by atoms with van der Waals surface area (Å²) in [5, 5.41) is 2.58. The van der Waals surface area contributed by atoms with Crippen LogP contribution in [0.4, 0.5) is 5.69 Å². The van der Waals surface area contributed by atoms with Crippen LogP contribution >= 0.6 is 0 Å². The number of aromatic nitrogens is 2. The van der Waals surface area contributed by atoms with E-state index in [1.54, 1.807) is 24.3 Å². The molecular weight excluding hydrogens is 246 g/mol. The normalized spacial score (nSPS) is 9.79. The molecule has 0 radical (unpaired) electrons. The van der Waals surface area contributed by atoms with Gasteiger partial charge in [-0.3, -0.25) is 4.79 Å². The third-order valence-corrected chi connectivity index (χ3v) is 2.44. The van der Waals surface area contributed by atoms with E-state index >= 15 is 0 Å². The molecule has 0 fully saturated rings. The molecule has 0 aliphatic heterocycles. The van der Waals surface area contributed by atoms with Crippen molar-refractivity contribution in [2.45, 2.75) is 0 Å². The van der Waals surface area contributed by atoms with Gasteiger partial charge in [-0.1, -0.05) is 12.1 Å². The Labute approximate surface area is 110 Å². The summed E-state index contributed by atoms with van der Waals surface area (Å²) in [6, 6.07) is 8.77. The second-order valence-electron chi connectivity index (χ2n) is 3.62. The minimum atomic E-state index is 0.413. The molecule has 2 rings (SSSR count). The first-order valence-corrected chi connectivity index (χ1v) is 5.54. The third kappa shape index (κ3) is 2.98. The molecule has 1 heterocycles. The monoisotopic (exact) mass is 259 g/mol. The summed E-state index contributed by atoms with van der Waals surface area (Å²) in [6.07, 6.45) is 0.617. The molecule has 1 amide bonds. The topological polar surface area (TPSA) is 73.3 Å². The second-order valence-corrected chi connectivity index (χ2v) is 3.62. The molecule has 0 spiro atoms. The first kappa shape index (κ1) is 12.8. The van der Waals surface area contributed by atoms with Gasteiger partial charge >= 0.3 is 0 Å². The highest BCUT2D eigenvalue weighted by molar-refractivity contribution is 5.74. The summed E-state index contributed by atoms with van der Waals surface area (Å²) in [5.41, 5.74) is 1.42. The number of amides is 1. The van der Waals surface area contributed by atoms with E-state index in [0.717, 1.165) is 5.56 Å². The van der Waals surface area contributed by atoms with Crippen LogP contribution in [0.1, 0.15) is 0 Å². The quantitative estimate of drug-likeness (QED) is 0.828. The Balaban J connectivity index is 2.45. The fraction of sp³-hybridized carbons (Fsp3) is 0.154. The second kappa shape index (κ2) is 5.81. The maximum Gasteiger partial charge on any atom is 0.220 e. The number of hydrogen-bond acceptors (Lipinski definition) is 5. The lowest BCUT2D eigenvalue weighted by Gasteiger charge is -2.07. The van der Waals surface area contributed by atoms with E-state index in [9.17, 15) is 4.79 Å². The Bertz CT molecular complexity index is 565. The predicted molar refractivity (Wildman–Crippen MR) is 70.3 cm³/mol. The van der Waals surface area contributed by atoms with E-state index in [0.29, 0.717) is 29.7 Å². The summed E-state index contributed by atoms with van der Waals surface area (Å²) in [4.78, 5) is 18.9. The van der Waals surface area contributed by atoms with Gasteiger partial charge in [0.15, 0.2) is 5.82 Å². The fourth-order valence-electron chi connectivity index (χ4n) is 1.56. The number of anilines is 1. The first-order chi connectivity index (χ1) is 9.26. The number of benzene rings is 1. The van der Waals surface area contributed by atoms with Gasteiger partial charge in [0.1, 0.15) is 0 Å². The van der Waals surface area contributed by atoms with Gasteiger partial charge in [0.25, 0.3) is 0 Å². The van der Waals surface area contributed by atoms with E-state index in [2.05, 4.69) is 15.3 Å². The molecule has 19 heavy (non-hydrogen) atoms. The minimum Gasteiger partial charge on any atom is -0.481 e. The zero-order valence-electron chi connectivity index (χ0n) is 10.6. The van der Waals surface area contributed by atoms with Crippen LogP contribution in [0.15, 0.2) is 30.3 Å². The maximum absolute atomic E-state index is 10.4. The number of rotatable bonds is 5. The van der Waals surface area contributed by atoms with Crippen LogP contribution in [0, 0.1) is 0 Å². The Morgan fingerprint density at radius 1 is 1.11 bits per heavy atom. The molecule has 0 aliphatic rings. The smallest absolute Gasteiger partial charge is 0.220 e. The van der Waals surface area contributed by atoms with Gasteiger partial charge in [0.05, 0.1) is 20.3 Å². The molecule has 0 saturated heterocycles. The number of carbonyl (C=O) groups is 1. The zero-order valence-corrected chi connectivity index (χ0v) is 10.6. The third-order valence-electron chi connectivity index (χ3n) is 2.44.